The Morgan fingerprint density at radius 1 is 0.946 bits per heavy atom. The Kier molecular flexibility index (Phi) is 8.67. The van der Waals surface area contributed by atoms with E-state index in [1.54, 1.807) is 9.58 Å². The maximum absolute atomic E-state index is 13.9. The number of rotatable bonds is 11. The van der Waals surface area contributed by atoms with E-state index in [4.69, 9.17) is 0 Å². The Morgan fingerprint density at radius 3 is 2.38 bits per heavy atom. The van der Waals surface area contributed by atoms with Crippen LogP contribution in [-0.2, 0) is 22.6 Å². The minimum absolute atomic E-state index is 0.00304. The summed E-state index contributed by atoms with van der Waals surface area (Å²) in [5.74, 6) is 0.111. The molecule has 1 heterocycles. The van der Waals surface area contributed by atoms with Crippen molar-refractivity contribution in [1.82, 2.24) is 25.2 Å². The first-order valence-electron chi connectivity index (χ1n) is 12.9. The number of hydrogen-bond donors (Lipinski definition) is 1. The number of hydrogen-bond acceptors (Lipinski definition) is 4. The number of amides is 2. The molecule has 1 atom stereocenters. The van der Waals surface area contributed by atoms with Crippen LogP contribution in [0, 0.1) is 12.8 Å². The molecule has 7 heteroatoms. The molecule has 1 N–H and O–H groups in total. The van der Waals surface area contributed by atoms with E-state index in [1.807, 2.05) is 85.8 Å². The molecule has 0 radical (unpaired) electrons. The van der Waals surface area contributed by atoms with E-state index in [0.717, 1.165) is 34.1 Å². The molecular formula is C30H35N5O2. The monoisotopic (exact) mass is 497 g/mol. The number of benzene rings is 3. The number of para-hydroxylation sites is 1. The van der Waals surface area contributed by atoms with Crippen molar-refractivity contribution in [3.63, 3.8) is 0 Å². The van der Waals surface area contributed by atoms with Gasteiger partial charge in [0.2, 0.25) is 11.8 Å². The summed E-state index contributed by atoms with van der Waals surface area (Å²) in [5.41, 5.74) is 4.51. The smallest absolute Gasteiger partial charge is 0.247 e. The van der Waals surface area contributed by atoms with Crippen LogP contribution in [0.3, 0.4) is 0 Å². The minimum Gasteiger partial charge on any atom is -0.354 e. The zero-order valence-corrected chi connectivity index (χ0v) is 21.8. The lowest BCUT2D eigenvalue weighted by atomic mass is 10.0. The van der Waals surface area contributed by atoms with Gasteiger partial charge in [-0.1, -0.05) is 91.4 Å². The lowest BCUT2D eigenvalue weighted by molar-refractivity contribution is -0.141. The van der Waals surface area contributed by atoms with Crippen LogP contribution < -0.4 is 5.32 Å². The third-order valence-corrected chi connectivity index (χ3v) is 6.48. The predicted octanol–water partition coefficient (Wildman–Crippen LogP) is 4.71. The zero-order valence-electron chi connectivity index (χ0n) is 21.8. The second-order valence-electron chi connectivity index (χ2n) is 9.85. The van der Waals surface area contributed by atoms with E-state index < -0.39 is 6.04 Å². The lowest BCUT2D eigenvalue weighted by Gasteiger charge is -2.32. The zero-order chi connectivity index (χ0) is 26.2. The molecule has 0 aliphatic heterocycles. The lowest BCUT2D eigenvalue weighted by Crippen LogP contribution is -2.46. The van der Waals surface area contributed by atoms with Crippen molar-refractivity contribution in [1.29, 1.82) is 0 Å². The minimum atomic E-state index is -0.751. The molecule has 0 spiro atoms. The molecule has 3 aromatic carbocycles. The predicted molar refractivity (Wildman–Crippen MR) is 146 cm³/mol. The topological polar surface area (TPSA) is 80.1 Å². The van der Waals surface area contributed by atoms with Gasteiger partial charge in [-0.3, -0.25) is 9.59 Å². The molecule has 0 saturated heterocycles. The molecule has 0 saturated carbocycles. The SMILES string of the molecule is Cc1ccc(C(C(=O)NCCC(C)C)N(CCc2ccccc2)C(=O)Cn2nnc3ccccc32)cc1. The third-order valence-electron chi connectivity index (χ3n) is 6.48. The van der Waals surface area contributed by atoms with Crippen LogP contribution in [0.2, 0.25) is 0 Å². The van der Waals surface area contributed by atoms with Gasteiger partial charge in [-0.15, -0.1) is 5.10 Å². The Morgan fingerprint density at radius 2 is 1.65 bits per heavy atom. The molecule has 0 aliphatic rings. The standard InChI is InChI=1S/C30H35N5O2/c1-22(2)17-19-31-30(37)29(25-15-13-23(3)14-16-25)34(20-18-24-9-5-4-6-10-24)28(36)21-35-27-12-8-7-11-26(27)32-33-35/h4-16,22,29H,17-21H2,1-3H3,(H,31,37). The van der Waals surface area contributed by atoms with Crippen LogP contribution in [0.25, 0.3) is 11.0 Å². The summed E-state index contributed by atoms with van der Waals surface area (Å²) in [5, 5.41) is 11.5. The Bertz CT molecular complexity index is 1310. The Hall–Kier alpha value is -4.00. The maximum atomic E-state index is 13.9. The van der Waals surface area contributed by atoms with Crippen molar-refractivity contribution < 1.29 is 9.59 Å². The molecule has 1 aromatic heterocycles. The number of carbonyl (C=O) groups is 2. The Balaban J connectivity index is 1.66. The molecule has 4 aromatic rings. The second kappa shape index (κ2) is 12.3. The highest BCUT2D eigenvalue weighted by atomic mass is 16.2. The summed E-state index contributed by atoms with van der Waals surface area (Å²) in [6.45, 7) is 7.22. The highest BCUT2D eigenvalue weighted by Crippen LogP contribution is 2.24. The fraction of sp³-hybridized carbons (Fsp3) is 0.333. The van der Waals surface area contributed by atoms with Gasteiger partial charge in [0, 0.05) is 13.1 Å². The van der Waals surface area contributed by atoms with Crippen molar-refractivity contribution in [3.8, 4) is 0 Å². The number of nitrogens with zero attached hydrogens (tertiary/aromatic N) is 4. The maximum Gasteiger partial charge on any atom is 0.247 e. The van der Waals surface area contributed by atoms with Gasteiger partial charge in [-0.2, -0.15) is 0 Å². The fourth-order valence-corrected chi connectivity index (χ4v) is 4.35. The van der Waals surface area contributed by atoms with Crippen molar-refractivity contribution in [3.05, 3.63) is 95.6 Å². The molecular weight excluding hydrogens is 462 g/mol. The summed E-state index contributed by atoms with van der Waals surface area (Å²) in [4.78, 5) is 29.2. The van der Waals surface area contributed by atoms with Crippen molar-refractivity contribution in [2.75, 3.05) is 13.1 Å². The number of nitrogens with one attached hydrogen (secondary N) is 1. The highest BCUT2D eigenvalue weighted by Gasteiger charge is 2.31. The third kappa shape index (κ3) is 6.82. The van der Waals surface area contributed by atoms with Gasteiger partial charge in [0.1, 0.15) is 18.1 Å². The molecule has 4 rings (SSSR count). The fourth-order valence-electron chi connectivity index (χ4n) is 4.35. The normalized spacial score (nSPS) is 12.0. The summed E-state index contributed by atoms with van der Waals surface area (Å²) in [6, 6.07) is 24.7. The van der Waals surface area contributed by atoms with Crippen molar-refractivity contribution in [2.45, 2.75) is 46.2 Å². The van der Waals surface area contributed by atoms with E-state index in [1.165, 1.54) is 0 Å². The van der Waals surface area contributed by atoms with Crippen LogP contribution >= 0.6 is 0 Å². The van der Waals surface area contributed by atoms with E-state index in [0.29, 0.717) is 25.4 Å². The van der Waals surface area contributed by atoms with Gasteiger partial charge in [0.15, 0.2) is 0 Å². The highest BCUT2D eigenvalue weighted by molar-refractivity contribution is 5.89. The van der Waals surface area contributed by atoms with Gasteiger partial charge >= 0.3 is 0 Å². The molecule has 37 heavy (non-hydrogen) atoms. The largest absolute Gasteiger partial charge is 0.354 e. The molecule has 0 aliphatic carbocycles. The summed E-state index contributed by atoms with van der Waals surface area (Å²) >= 11 is 0. The van der Waals surface area contributed by atoms with Crippen LogP contribution in [-0.4, -0.2) is 44.8 Å². The summed E-state index contributed by atoms with van der Waals surface area (Å²) in [6.07, 6.45) is 1.50. The van der Waals surface area contributed by atoms with Crippen molar-refractivity contribution >= 4 is 22.8 Å². The van der Waals surface area contributed by atoms with Gasteiger partial charge in [-0.05, 0) is 48.9 Å². The van der Waals surface area contributed by atoms with E-state index in [-0.39, 0.29) is 18.4 Å². The van der Waals surface area contributed by atoms with E-state index in [2.05, 4.69) is 29.5 Å². The molecule has 1 unspecified atom stereocenters. The average Bonchev–Trinajstić information content (AvgIpc) is 3.30. The van der Waals surface area contributed by atoms with Gasteiger partial charge in [-0.25, -0.2) is 4.68 Å². The van der Waals surface area contributed by atoms with E-state index >= 15 is 0 Å². The summed E-state index contributed by atoms with van der Waals surface area (Å²) < 4.78 is 1.61. The van der Waals surface area contributed by atoms with Crippen LogP contribution in [0.4, 0.5) is 0 Å². The van der Waals surface area contributed by atoms with E-state index in [9.17, 15) is 9.59 Å². The molecule has 7 nitrogen and oxygen atoms in total. The quantitative estimate of drug-likeness (QED) is 0.325. The molecule has 0 fully saturated rings. The first-order chi connectivity index (χ1) is 17.9. The van der Waals surface area contributed by atoms with Gasteiger partial charge in [0.05, 0.1) is 5.52 Å². The average molecular weight is 498 g/mol. The number of carbonyl (C=O) groups excluding carboxylic acids is 2. The van der Waals surface area contributed by atoms with Crippen LogP contribution in [0.15, 0.2) is 78.9 Å². The first-order valence-corrected chi connectivity index (χ1v) is 12.9. The second-order valence-corrected chi connectivity index (χ2v) is 9.85. The van der Waals surface area contributed by atoms with Crippen LogP contribution in [0.1, 0.15) is 43.0 Å². The molecule has 2 amide bonds. The number of fused-ring (bicyclic) bond motifs is 1. The Labute approximate surface area is 218 Å². The first kappa shape index (κ1) is 26.1. The van der Waals surface area contributed by atoms with Gasteiger partial charge in [0.25, 0.3) is 0 Å². The van der Waals surface area contributed by atoms with Crippen molar-refractivity contribution in [2.24, 2.45) is 5.92 Å². The number of aromatic nitrogens is 3. The van der Waals surface area contributed by atoms with Crippen LogP contribution in [0.5, 0.6) is 0 Å². The number of aryl methyl sites for hydroxylation is 1. The molecule has 0 bridgehead atoms. The van der Waals surface area contributed by atoms with Gasteiger partial charge < -0.3 is 10.2 Å². The summed E-state index contributed by atoms with van der Waals surface area (Å²) in [7, 11) is 0. The molecule has 192 valence electrons.